The van der Waals surface area contributed by atoms with Crippen molar-refractivity contribution in [1.29, 1.82) is 0 Å². The quantitative estimate of drug-likeness (QED) is 0.349. The summed E-state index contributed by atoms with van der Waals surface area (Å²) in [7, 11) is 0. The van der Waals surface area contributed by atoms with Crippen LogP contribution in [0.2, 0.25) is 0 Å². The molecule has 1 amide bonds. The lowest BCUT2D eigenvalue weighted by Crippen LogP contribution is -2.32. The van der Waals surface area contributed by atoms with Gasteiger partial charge in [-0.05, 0) is 53.8 Å². The van der Waals surface area contributed by atoms with Crippen molar-refractivity contribution in [1.82, 2.24) is 5.32 Å². The van der Waals surface area contributed by atoms with Crippen LogP contribution in [0.3, 0.4) is 0 Å². The summed E-state index contributed by atoms with van der Waals surface area (Å²) < 4.78 is 5.32. The smallest absolute Gasteiger partial charge is 0.407 e. The number of ether oxygens (including phenoxy) is 1. The molecule has 0 aliphatic heterocycles. The molecular formula is C29H29NO2. The van der Waals surface area contributed by atoms with E-state index >= 15 is 0 Å². The third-order valence-electron chi connectivity index (χ3n) is 5.39. The molecule has 4 rings (SSSR count). The first kappa shape index (κ1) is 21.6. The van der Waals surface area contributed by atoms with Crippen molar-refractivity contribution in [3.05, 3.63) is 119 Å². The van der Waals surface area contributed by atoms with E-state index in [1.54, 1.807) is 0 Å². The molecule has 0 aromatic heterocycles. The first-order valence-corrected chi connectivity index (χ1v) is 11.0. The minimum Gasteiger partial charge on any atom is -0.444 e. The van der Waals surface area contributed by atoms with Crippen molar-refractivity contribution in [2.45, 2.75) is 38.8 Å². The molecule has 162 valence electrons. The lowest BCUT2D eigenvalue weighted by atomic mass is 9.84. The molecule has 0 heterocycles. The Hall–Kier alpha value is -3.59. The highest BCUT2D eigenvalue weighted by Crippen LogP contribution is 2.33. The average molecular weight is 424 g/mol. The van der Waals surface area contributed by atoms with E-state index in [0.717, 1.165) is 5.56 Å². The number of hydrogen-bond acceptors (Lipinski definition) is 2. The van der Waals surface area contributed by atoms with Gasteiger partial charge in [0.25, 0.3) is 0 Å². The van der Waals surface area contributed by atoms with Crippen LogP contribution < -0.4 is 5.32 Å². The number of fused-ring (bicyclic) bond motifs is 1. The Labute approximate surface area is 190 Å². The molecule has 3 nitrogen and oxygen atoms in total. The van der Waals surface area contributed by atoms with Gasteiger partial charge in [0.2, 0.25) is 0 Å². The van der Waals surface area contributed by atoms with Crippen molar-refractivity contribution in [2.75, 3.05) is 0 Å². The molecule has 0 saturated carbocycles. The fraction of sp³-hybridized carbons (Fsp3) is 0.207. The predicted molar refractivity (Wildman–Crippen MR) is 131 cm³/mol. The number of nitrogens with one attached hydrogen (secondary N) is 1. The number of carbonyl (C=O) groups excluding carboxylic acids is 1. The van der Waals surface area contributed by atoms with E-state index in [1.807, 2.05) is 26.8 Å². The van der Waals surface area contributed by atoms with Crippen LogP contribution in [0.4, 0.5) is 4.79 Å². The minimum absolute atomic E-state index is 0.133. The zero-order chi connectivity index (χ0) is 22.6. The van der Waals surface area contributed by atoms with E-state index in [2.05, 4.69) is 96.3 Å². The maximum Gasteiger partial charge on any atom is 0.407 e. The lowest BCUT2D eigenvalue weighted by Gasteiger charge is -2.21. The zero-order valence-electron chi connectivity index (χ0n) is 18.8. The summed E-state index contributed by atoms with van der Waals surface area (Å²) in [6.45, 7) is 6.01. The van der Waals surface area contributed by atoms with Gasteiger partial charge in [0.1, 0.15) is 5.60 Å². The van der Waals surface area contributed by atoms with Crippen LogP contribution in [0, 0.1) is 0 Å². The summed E-state index contributed by atoms with van der Waals surface area (Å²) in [4.78, 5) is 12.0. The number of benzene rings is 4. The molecule has 0 spiro atoms. The maximum absolute atomic E-state index is 12.0. The molecule has 0 unspecified atom stereocenters. The summed E-state index contributed by atoms with van der Waals surface area (Å²) >= 11 is 0. The first-order chi connectivity index (χ1) is 15.4. The van der Waals surface area contributed by atoms with Gasteiger partial charge in [-0.25, -0.2) is 4.79 Å². The van der Waals surface area contributed by atoms with Crippen LogP contribution in [0.25, 0.3) is 10.8 Å². The van der Waals surface area contributed by atoms with Crippen molar-refractivity contribution in [3.8, 4) is 0 Å². The van der Waals surface area contributed by atoms with Gasteiger partial charge in [0, 0.05) is 12.5 Å². The van der Waals surface area contributed by atoms with Crippen LogP contribution in [0.15, 0.2) is 97.1 Å². The van der Waals surface area contributed by atoms with Crippen molar-refractivity contribution >= 4 is 16.9 Å². The lowest BCUT2D eigenvalue weighted by molar-refractivity contribution is 0.0523. The zero-order valence-corrected chi connectivity index (χ0v) is 18.8. The Morgan fingerprint density at radius 2 is 1.34 bits per heavy atom. The summed E-state index contributed by atoms with van der Waals surface area (Å²) in [5, 5.41) is 5.31. The SMILES string of the molecule is CC(C)(C)OC(=O)NCc1ccc([C@@H](c2ccccc2)c2ccc3ccccc3c2)cc1. The van der Waals surface area contributed by atoms with Crippen LogP contribution in [0.5, 0.6) is 0 Å². The van der Waals surface area contributed by atoms with Crippen molar-refractivity contribution in [2.24, 2.45) is 0 Å². The molecule has 1 N–H and O–H groups in total. The van der Waals surface area contributed by atoms with Crippen LogP contribution >= 0.6 is 0 Å². The summed E-state index contributed by atoms with van der Waals surface area (Å²) in [5.41, 5.74) is 4.26. The summed E-state index contributed by atoms with van der Waals surface area (Å²) in [6.07, 6.45) is -0.403. The van der Waals surface area contributed by atoms with Gasteiger partial charge in [-0.2, -0.15) is 0 Å². The molecule has 0 aliphatic rings. The van der Waals surface area contributed by atoms with E-state index < -0.39 is 11.7 Å². The van der Waals surface area contributed by atoms with E-state index in [-0.39, 0.29) is 5.92 Å². The maximum atomic E-state index is 12.0. The predicted octanol–water partition coefficient (Wildman–Crippen LogP) is 7.04. The summed E-state index contributed by atoms with van der Waals surface area (Å²) in [6, 6.07) is 34.2. The second-order valence-corrected chi connectivity index (χ2v) is 9.05. The molecule has 0 radical (unpaired) electrons. The molecule has 0 saturated heterocycles. The number of amides is 1. The van der Waals surface area contributed by atoms with Gasteiger partial charge in [0.05, 0.1) is 0 Å². The molecule has 4 aromatic rings. The molecule has 4 aromatic carbocycles. The largest absolute Gasteiger partial charge is 0.444 e. The fourth-order valence-corrected chi connectivity index (χ4v) is 3.93. The highest BCUT2D eigenvalue weighted by molar-refractivity contribution is 5.83. The molecule has 0 aliphatic carbocycles. The van der Waals surface area contributed by atoms with Gasteiger partial charge in [-0.15, -0.1) is 0 Å². The molecular weight excluding hydrogens is 394 g/mol. The van der Waals surface area contributed by atoms with E-state index in [1.165, 1.54) is 27.5 Å². The van der Waals surface area contributed by atoms with Gasteiger partial charge < -0.3 is 10.1 Å². The van der Waals surface area contributed by atoms with Crippen molar-refractivity contribution < 1.29 is 9.53 Å². The first-order valence-electron chi connectivity index (χ1n) is 11.0. The average Bonchev–Trinajstić information content (AvgIpc) is 2.78. The Balaban J connectivity index is 1.60. The number of carbonyl (C=O) groups is 1. The Kier molecular flexibility index (Phi) is 6.27. The van der Waals surface area contributed by atoms with Crippen molar-refractivity contribution in [3.63, 3.8) is 0 Å². The van der Waals surface area contributed by atoms with E-state index in [0.29, 0.717) is 6.54 Å². The third kappa shape index (κ3) is 5.36. The molecule has 0 fully saturated rings. The Bertz CT molecular complexity index is 1190. The molecule has 3 heteroatoms. The Morgan fingerprint density at radius 1 is 0.750 bits per heavy atom. The molecule has 1 atom stereocenters. The molecule has 32 heavy (non-hydrogen) atoms. The summed E-state index contributed by atoms with van der Waals surface area (Å²) in [5.74, 6) is 0.133. The third-order valence-corrected chi connectivity index (χ3v) is 5.39. The van der Waals surface area contributed by atoms with Gasteiger partial charge in [-0.3, -0.25) is 0 Å². The second-order valence-electron chi connectivity index (χ2n) is 9.05. The van der Waals surface area contributed by atoms with Crippen LogP contribution in [0.1, 0.15) is 48.9 Å². The highest BCUT2D eigenvalue weighted by atomic mass is 16.6. The van der Waals surface area contributed by atoms with Crippen LogP contribution in [-0.4, -0.2) is 11.7 Å². The monoisotopic (exact) mass is 423 g/mol. The van der Waals surface area contributed by atoms with Gasteiger partial charge in [0.15, 0.2) is 0 Å². The number of rotatable bonds is 5. The van der Waals surface area contributed by atoms with E-state index in [9.17, 15) is 4.79 Å². The Morgan fingerprint density at radius 3 is 2.03 bits per heavy atom. The topological polar surface area (TPSA) is 38.3 Å². The minimum atomic E-state index is -0.503. The van der Waals surface area contributed by atoms with Crippen LogP contribution in [-0.2, 0) is 11.3 Å². The fourth-order valence-electron chi connectivity index (χ4n) is 3.93. The van der Waals surface area contributed by atoms with Gasteiger partial charge in [-0.1, -0.05) is 97.1 Å². The van der Waals surface area contributed by atoms with Gasteiger partial charge >= 0.3 is 6.09 Å². The molecule has 0 bridgehead atoms. The number of alkyl carbamates (subject to hydrolysis) is 1. The second kappa shape index (κ2) is 9.27. The van der Waals surface area contributed by atoms with E-state index in [4.69, 9.17) is 4.74 Å². The normalized spacial score (nSPS) is 12.3. The highest BCUT2D eigenvalue weighted by Gasteiger charge is 2.18. The standard InChI is InChI=1S/C29H29NO2/c1-29(2,3)32-28(31)30-20-21-13-15-24(16-14-21)27(23-10-5-4-6-11-23)26-18-17-22-9-7-8-12-25(22)19-26/h4-19,27H,20H2,1-3H3,(H,30,31)/t27-/m1/s1. The number of hydrogen-bond donors (Lipinski definition) is 1.